The Kier molecular flexibility index (Phi) is 6.87. The molecule has 0 fully saturated rings. The maximum Gasteiger partial charge on any atom is 0.227 e. The Morgan fingerprint density at radius 2 is 1.95 bits per heavy atom. The third kappa shape index (κ3) is 5.95. The van der Waals surface area contributed by atoms with Crippen LogP contribution in [0.5, 0.6) is 0 Å². The van der Waals surface area contributed by atoms with Crippen molar-refractivity contribution in [1.29, 1.82) is 0 Å². The number of hydrogen-bond acceptors (Lipinski definition) is 5. The van der Waals surface area contributed by atoms with Crippen molar-refractivity contribution in [3.05, 3.63) is 29.6 Å². The van der Waals surface area contributed by atoms with Crippen molar-refractivity contribution in [2.24, 2.45) is 5.73 Å². The highest BCUT2D eigenvalue weighted by Gasteiger charge is 2.11. The Hall–Kier alpha value is -1.89. The van der Waals surface area contributed by atoms with Gasteiger partial charge in [-0.25, -0.2) is 9.97 Å². The van der Waals surface area contributed by atoms with Crippen LogP contribution < -0.4 is 11.1 Å². The summed E-state index contributed by atoms with van der Waals surface area (Å²) in [6.45, 7) is 7.77. The third-order valence-corrected chi connectivity index (χ3v) is 3.66. The molecular weight excluding hydrogens is 288 g/mol. The van der Waals surface area contributed by atoms with Gasteiger partial charge >= 0.3 is 0 Å². The number of amides is 2. The predicted octanol–water partition coefficient (Wildman–Crippen LogP) is 0.906. The Labute approximate surface area is 128 Å². The van der Waals surface area contributed by atoms with E-state index < -0.39 is 5.91 Å². The van der Waals surface area contributed by atoms with E-state index in [9.17, 15) is 9.59 Å². The molecule has 3 N–H and O–H groups in total. The number of rotatable bonds is 8. The molecule has 0 bridgehead atoms. The molecule has 7 heteroatoms. The standard InChI is InChI=1S/C14H20N4O2S/c1-4-7-16-13(20)6-5-11-9(2)17-14(18-10(11)3)21-8-12(15)19/h4H,1,5-8H2,2-3H3,(H2,15,19)(H,16,20). The van der Waals surface area contributed by atoms with Crippen molar-refractivity contribution >= 4 is 23.6 Å². The van der Waals surface area contributed by atoms with Crippen LogP contribution in [0.3, 0.4) is 0 Å². The van der Waals surface area contributed by atoms with Gasteiger partial charge in [-0.3, -0.25) is 9.59 Å². The molecule has 0 aliphatic carbocycles. The van der Waals surface area contributed by atoms with E-state index in [1.54, 1.807) is 6.08 Å². The van der Waals surface area contributed by atoms with Gasteiger partial charge in [0, 0.05) is 24.4 Å². The second-order valence-electron chi connectivity index (χ2n) is 4.50. The monoisotopic (exact) mass is 308 g/mol. The molecular formula is C14H20N4O2S. The summed E-state index contributed by atoms with van der Waals surface area (Å²) >= 11 is 1.21. The van der Waals surface area contributed by atoms with E-state index in [4.69, 9.17) is 5.73 Å². The minimum atomic E-state index is -0.401. The average molecular weight is 308 g/mol. The van der Waals surface area contributed by atoms with Crippen molar-refractivity contribution in [3.63, 3.8) is 0 Å². The van der Waals surface area contributed by atoms with Crippen molar-refractivity contribution in [2.45, 2.75) is 31.8 Å². The topological polar surface area (TPSA) is 98.0 Å². The Bertz CT molecular complexity index is 523. The van der Waals surface area contributed by atoms with Crippen LogP contribution in [0.2, 0.25) is 0 Å². The van der Waals surface area contributed by atoms with Gasteiger partial charge in [0.15, 0.2) is 5.16 Å². The lowest BCUT2D eigenvalue weighted by Crippen LogP contribution is -2.23. The molecule has 0 saturated heterocycles. The van der Waals surface area contributed by atoms with Crippen molar-refractivity contribution in [3.8, 4) is 0 Å². The van der Waals surface area contributed by atoms with Gasteiger partial charge in [0.1, 0.15) is 0 Å². The summed E-state index contributed by atoms with van der Waals surface area (Å²) < 4.78 is 0. The molecule has 0 spiro atoms. The van der Waals surface area contributed by atoms with Crippen molar-refractivity contribution in [2.75, 3.05) is 12.3 Å². The smallest absolute Gasteiger partial charge is 0.227 e. The number of nitrogens with zero attached hydrogens (tertiary/aromatic N) is 2. The molecule has 1 rings (SSSR count). The Morgan fingerprint density at radius 1 is 1.33 bits per heavy atom. The molecule has 114 valence electrons. The molecule has 21 heavy (non-hydrogen) atoms. The van der Waals surface area contributed by atoms with E-state index in [1.807, 2.05) is 13.8 Å². The lowest BCUT2D eigenvalue weighted by Gasteiger charge is -2.10. The van der Waals surface area contributed by atoms with Crippen LogP contribution in [-0.2, 0) is 16.0 Å². The van der Waals surface area contributed by atoms with Crippen LogP contribution in [-0.4, -0.2) is 34.1 Å². The van der Waals surface area contributed by atoms with Crippen molar-refractivity contribution < 1.29 is 9.59 Å². The van der Waals surface area contributed by atoms with Gasteiger partial charge in [0.05, 0.1) is 5.75 Å². The first kappa shape index (κ1) is 17.2. The van der Waals surface area contributed by atoms with Gasteiger partial charge in [0.2, 0.25) is 11.8 Å². The second-order valence-corrected chi connectivity index (χ2v) is 5.45. The molecule has 0 aliphatic rings. The van der Waals surface area contributed by atoms with Crippen LogP contribution in [0.15, 0.2) is 17.8 Å². The molecule has 0 aromatic carbocycles. The van der Waals surface area contributed by atoms with Gasteiger partial charge in [-0.1, -0.05) is 17.8 Å². The number of carbonyl (C=O) groups excluding carboxylic acids is 2. The zero-order valence-electron chi connectivity index (χ0n) is 12.3. The summed E-state index contributed by atoms with van der Waals surface area (Å²) in [6, 6.07) is 0. The van der Waals surface area contributed by atoms with Gasteiger partial charge in [-0.15, -0.1) is 6.58 Å². The number of aromatic nitrogens is 2. The van der Waals surface area contributed by atoms with Crippen LogP contribution >= 0.6 is 11.8 Å². The fourth-order valence-electron chi connectivity index (χ4n) is 1.78. The van der Waals surface area contributed by atoms with E-state index in [2.05, 4.69) is 21.9 Å². The van der Waals surface area contributed by atoms with Crippen LogP contribution in [0.4, 0.5) is 0 Å². The zero-order valence-corrected chi connectivity index (χ0v) is 13.1. The second kappa shape index (κ2) is 8.41. The summed E-state index contributed by atoms with van der Waals surface area (Å²) in [5.41, 5.74) is 7.72. The molecule has 0 atom stereocenters. The first-order valence-electron chi connectivity index (χ1n) is 6.56. The number of nitrogens with two attached hydrogens (primary N) is 1. The Morgan fingerprint density at radius 3 is 2.48 bits per heavy atom. The number of thioether (sulfide) groups is 1. The van der Waals surface area contributed by atoms with Crippen molar-refractivity contribution in [1.82, 2.24) is 15.3 Å². The maximum absolute atomic E-state index is 11.6. The highest BCUT2D eigenvalue weighted by atomic mass is 32.2. The summed E-state index contributed by atoms with van der Waals surface area (Å²) in [7, 11) is 0. The summed E-state index contributed by atoms with van der Waals surface area (Å²) in [5, 5.41) is 3.26. The SMILES string of the molecule is C=CCNC(=O)CCc1c(C)nc(SCC(N)=O)nc1C. The fourth-order valence-corrected chi connectivity index (χ4v) is 2.46. The number of hydrogen-bond donors (Lipinski definition) is 2. The first-order chi connectivity index (χ1) is 9.93. The largest absolute Gasteiger partial charge is 0.369 e. The van der Waals surface area contributed by atoms with E-state index in [0.29, 0.717) is 24.5 Å². The van der Waals surface area contributed by atoms with E-state index in [-0.39, 0.29) is 11.7 Å². The van der Waals surface area contributed by atoms with E-state index >= 15 is 0 Å². The van der Waals surface area contributed by atoms with Gasteiger partial charge in [-0.2, -0.15) is 0 Å². The summed E-state index contributed by atoms with van der Waals surface area (Å²) in [4.78, 5) is 31.0. The fraction of sp³-hybridized carbons (Fsp3) is 0.429. The molecule has 0 radical (unpaired) electrons. The zero-order chi connectivity index (χ0) is 15.8. The van der Waals surface area contributed by atoms with Gasteiger partial charge in [0.25, 0.3) is 0 Å². The quantitative estimate of drug-likeness (QED) is 0.422. The highest BCUT2D eigenvalue weighted by Crippen LogP contribution is 2.18. The van der Waals surface area contributed by atoms with Gasteiger partial charge < -0.3 is 11.1 Å². The summed E-state index contributed by atoms with van der Waals surface area (Å²) in [5.74, 6) is -0.273. The third-order valence-electron chi connectivity index (χ3n) is 2.79. The number of nitrogens with one attached hydrogen (secondary N) is 1. The number of carbonyl (C=O) groups is 2. The molecule has 1 aromatic rings. The molecule has 0 unspecified atom stereocenters. The number of aryl methyl sites for hydroxylation is 2. The minimum Gasteiger partial charge on any atom is -0.369 e. The molecule has 0 saturated carbocycles. The molecule has 1 heterocycles. The van der Waals surface area contributed by atoms with E-state index in [1.165, 1.54) is 11.8 Å². The van der Waals surface area contributed by atoms with E-state index in [0.717, 1.165) is 17.0 Å². The normalized spacial score (nSPS) is 10.2. The number of primary amides is 1. The van der Waals surface area contributed by atoms with Crippen LogP contribution in [0.25, 0.3) is 0 Å². The Balaban J connectivity index is 2.69. The minimum absolute atomic E-state index is 0.0270. The highest BCUT2D eigenvalue weighted by molar-refractivity contribution is 7.99. The molecule has 2 amide bonds. The first-order valence-corrected chi connectivity index (χ1v) is 7.55. The van der Waals surface area contributed by atoms with Gasteiger partial charge in [-0.05, 0) is 25.8 Å². The predicted molar refractivity (Wildman–Crippen MR) is 83.0 cm³/mol. The molecule has 0 aliphatic heterocycles. The van der Waals surface area contributed by atoms with Crippen LogP contribution in [0, 0.1) is 13.8 Å². The lowest BCUT2D eigenvalue weighted by atomic mass is 10.1. The molecule has 1 aromatic heterocycles. The van der Waals surface area contributed by atoms with Crippen LogP contribution in [0.1, 0.15) is 23.4 Å². The maximum atomic E-state index is 11.6. The molecule has 6 nitrogen and oxygen atoms in total. The average Bonchev–Trinajstić information content (AvgIpc) is 2.41. The summed E-state index contributed by atoms with van der Waals surface area (Å²) in [6.07, 6.45) is 2.61. The lowest BCUT2D eigenvalue weighted by molar-refractivity contribution is -0.120.